The highest BCUT2D eigenvalue weighted by atomic mass is 16.6. The summed E-state index contributed by atoms with van der Waals surface area (Å²) in [6.07, 6.45) is 2.55. The molecule has 0 aromatic carbocycles. The van der Waals surface area contributed by atoms with E-state index in [1.54, 1.807) is 11.0 Å². The topological polar surface area (TPSA) is 81.6 Å². The average molecular weight is 267 g/mol. The first-order chi connectivity index (χ1) is 8.87. The van der Waals surface area contributed by atoms with Crippen molar-refractivity contribution in [1.82, 2.24) is 10.1 Å². The van der Waals surface area contributed by atoms with Gasteiger partial charge in [-0.15, -0.1) is 0 Å². The van der Waals surface area contributed by atoms with Gasteiger partial charge in [-0.3, -0.25) is 4.90 Å². The van der Waals surface area contributed by atoms with Gasteiger partial charge in [0.2, 0.25) is 0 Å². The lowest BCUT2D eigenvalue weighted by atomic mass is 10.0. The zero-order chi connectivity index (χ0) is 14.0. The number of anilines is 1. The van der Waals surface area contributed by atoms with E-state index in [-0.39, 0.29) is 12.1 Å². The van der Waals surface area contributed by atoms with Crippen LogP contribution < -0.4 is 5.73 Å². The Hall–Kier alpha value is -1.72. The van der Waals surface area contributed by atoms with E-state index in [1.165, 1.54) is 0 Å². The van der Waals surface area contributed by atoms with Gasteiger partial charge in [0.25, 0.3) is 0 Å². The summed E-state index contributed by atoms with van der Waals surface area (Å²) >= 11 is 0. The van der Waals surface area contributed by atoms with Gasteiger partial charge in [0.1, 0.15) is 5.60 Å². The fourth-order valence-corrected chi connectivity index (χ4v) is 2.23. The number of nitrogens with zero attached hydrogens (tertiary/aromatic N) is 2. The minimum absolute atomic E-state index is 0.131. The molecule has 1 aromatic heterocycles. The standard InChI is InChI=1S/C13H21N3O3/c1-13(2,3)18-12(17)16-7-5-4-6-9(16)10-8-11(14)15-19-10/h8-9H,4-7H2,1-3H3,(H2,14,15). The molecule has 2 N–H and O–H groups in total. The second-order valence-corrected chi connectivity index (χ2v) is 5.84. The summed E-state index contributed by atoms with van der Waals surface area (Å²) in [6.45, 7) is 6.24. The summed E-state index contributed by atoms with van der Waals surface area (Å²) in [6, 6.07) is 1.54. The molecule has 2 heterocycles. The van der Waals surface area contributed by atoms with E-state index in [2.05, 4.69) is 5.16 Å². The summed E-state index contributed by atoms with van der Waals surface area (Å²) in [5.74, 6) is 0.966. The molecule has 0 spiro atoms. The molecule has 0 bridgehead atoms. The van der Waals surface area contributed by atoms with Crippen LogP contribution >= 0.6 is 0 Å². The number of likely N-dealkylation sites (tertiary alicyclic amines) is 1. The van der Waals surface area contributed by atoms with Crippen LogP contribution in [0.25, 0.3) is 0 Å². The van der Waals surface area contributed by atoms with Crippen LogP contribution in [0.3, 0.4) is 0 Å². The van der Waals surface area contributed by atoms with E-state index < -0.39 is 5.60 Å². The first kappa shape index (κ1) is 13.7. The van der Waals surface area contributed by atoms with Crippen LogP contribution in [0.5, 0.6) is 0 Å². The summed E-state index contributed by atoms with van der Waals surface area (Å²) in [4.78, 5) is 13.9. The normalized spacial score (nSPS) is 20.4. The minimum atomic E-state index is -0.500. The Bertz CT molecular complexity index is 450. The van der Waals surface area contributed by atoms with Crippen molar-refractivity contribution in [3.63, 3.8) is 0 Å². The molecule has 2 rings (SSSR count). The van der Waals surface area contributed by atoms with Crippen LogP contribution in [0.2, 0.25) is 0 Å². The second-order valence-electron chi connectivity index (χ2n) is 5.84. The van der Waals surface area contributed by atoms with Gasteiger partial charge < -0.3 is 15.0 Å². The first-order valence-corrected chi connectivity index (χ1v) is 6.58. The summed E-state index contributed by atoms with van der Waals surface area (Å²) in [5, 5.41) is 3.68. The Kier molecular flexibility index (Phi) is 3.68. The predicted molar refractivity (Wildman–Crippen MR) is 70.4 cm³/mol. The maximum atomic E-state index is 12.2. The molecular weight excluding hydrogens is 246 g/mol. The van der Waals surface area contributed by atoms with Crippen molar-refractivity contribution >= 4 is 11.9 Å². The monoisotopic (exact) mass is 267 g/mol. The molecule has 106 valence electrons. The Morgan fingerprint density at radius 1 is 1.53 bits per heavy atom. The third kappa shape index (κ3) is 3.39. The summed E-state index contributed by atoms with van der Waals surface area (Å²) in [7, 11) is 0. The summed E-state index contributed by atoms with van der Waals surface area (Å²) < 4.78 is 10.6. The van der Waals surface area contributed by atoms with Crippen LogP contribution in [0, 0.1) is 0 Å². The van der Waals surface area contributed by atoms with Crippen molar-refractivity contribution in [2.75, 3.05) is 12.3 Å². The second kappa shape index (κ2) is 5.11. The molecule has 1 aromatic rings. The van der Waals surface area contributed by atoms with Gasteiger partial charge in [-0.2, -0.15) is 0 Å². The fraction of sp³-hybridized carbons (Fsp3) is 0.692. The molecule has 0 radical (unpaired) electrons. The van der Waals surface area contributed by atoms with Gasteiger partial charge in [-0.1, -0.05) is 5.16 Å². The number of carbonyl (C=O) groups is 1. The van der Waals surface area contributed by atoms with E-state index >= 15 is 0 Å². The van der Waals surface area contributed by atoms with Crippen LogP contribution in [-0.2, 0) is 4.74 Å². The highest BCUT2D eigenvalue weighted by molar-refractivity contribution is 5.69. The van der Waals surface area contributed by atoms with Gasteiger partial charge in [0, 0.05) is 12.6 Å². The maximum absolute atomic E-state index is 12.2. The van der Waals surface area contributed by atoms with Gasteiger partial charge >= 0.3 is 6.09 Å². The maximum Gasteiger partial charge on any atom is 0.410 e. The molecular formula is C13H21N3O3. The van der Waals surface area contributed by atoms with E-state index in [4.69, 9.17) is 15.0 Å². The first-order valence-electron chi connectivity index (χ1n) is 6.58. The molecule has 1 amide bonds. The van der Waals surface area contributed by atoms with Crippen molar-refractivity contribution in [3.05, 3.63) is 11.8 Å². The van der Waals surface area contributed by atoms with Gasteiger partial charge in [-0.25, -0.2) is 4.79 Å². The van der Waals surface area contributed by atoms with E-state index in [0.717, 1.165) is 19.3 Å². The van der Waals surface area contributed by atoms with Crippen LogP contribution in [0.15, 0.2) is 10.6 Å². The highest BCUT2D eigenvalue weighted by Gasteiger charge is 2.33. The quantitative estimate of drug-likeness (QED) is 0.846. The molecule has 1 atom stereocenters. The molecule has 1 aliphatic rings. The lowest BCUT2D eigenvalue weighted by molar-refractivity contribution is 0.00613. The van der Waals surface area contributed by atoms with Gasteiger partial charge in [-0.05, 0) is 40.0 Å². The molecule has 1 fully saturated rings. The number of carbonyl (C=O) groups excluding carboxylic acids is 1. The molecule has 1 aliphatic heterocycles. The van der Waals surface area contributed by atoms with Crippen molar-refractivity contribution in [2.45, 2.75) is 51.7 Å². The molecule has 19 heavy (non-hydrogen) atoms. The van der Waals surface area contributed by atoms with Crippen molar-refractivity contribution < 1.29 is 14.1 Å². The van der Waals surface area contributed by atoms with Crippen molar-refractivity contribution in [1.29, 1.82) is 0 Å². The van der Waals surface area contributed by atoms with Crippen molar-refractivity contribution in [3.8, 4) is 0 Å². The van der Waals surface area contributed by atoms with E-state index in [9.17, 15) is 4.79 Å². The smallest absolute Gasteiger partial charge is 0.410 e. The Morgan fingerprint density at radius 3 is 2.84 bits per heavy atom. The van der Waals surface area contributed by atoms with E-state index in [1.807, 2.05) is 20.8 Å². The number of hydrogen-bond acceptors (Lipinski definition) is 5. The third-order valence-electron chi connectivity index (χ3n) is 3.01. The zero-order valence-corrected chi connectivity index (χ0v) is 11.7. The van der Waals surface area contributed by atoms with Gasteiger partial charge in [0.05, 0.1) is 6.04 Å². The molecule has 1 unspecified atom stereocenters. The SMILES string of the molecule is CC(C)(C)OC(=O)N1CCCCC1c1cc(N)no1. The average Bonchev–Trinajstić information content (AvgIpc) is 2.73. The number of nitrogens with two attached hydrogens (primary N) is 1. The molecule has 6 heteroatoms. The largest absolute Gasteiger partial charge is 0.444 e. The number of piperidine rings is 1. The summed E-state index contributed by atoms with van der Waals surface area (Å²) in [5.41, 5.74) is 5.07. The molecule has 6 nitrogen and oxygen atoms in total. The van der Waals surface area contributed by atoms with E-state index in [0.29, 0.717) is 18.1 Å². The Morgan fingerprint density at radius 2 is 2.26 bits per heavy atom. The number of rotatable bonds is 1. The number of nitrogen functional groups attached to an aromatic ring is 1. The van der Waals surface area contributed by atoms with Crippen LogP contribution in [-0.4, -0.2) is 28.3 Å². The zero-order valence-electron chi connectivity index (χ0n) is 11.7. The molecule has 0 saturated carbocycles. The number of aromatic nitrogens is 1. The number of ether oxygens (including phenoxy) is 1. The molecule has 1 saturated heterocycles. The Balaban J connectivity index is 2.14. The van der Waals surface area contributed by atoms with Crippen molar-refractivity contribution in [2.24, 2.45) is 0 Å². The minimum Gasteiger partial charge on any atom is -0.444 e. The number of hydrogen-bond donors (Lipinski definition) is 1. The lowest BCUT2D eigenvalue weighted by Crippen LogP contribution is -2.41. The Labute approximate surface area is 112 Å². The third-order valence-corrected chi connectivity index (χ3v) is 3.01. The fourth-order valence-electron chi connectivity index (χ4n) is 2.23. The highest BCUT2D eigenvalue weighted by Crippen LogP contribution is 2.32. The van der Waals surface area contributed by atoms with Crippen LogP contribution in [0.4, 0.5) is 10.6 Å². The van der Waals surface area contributed by atoms with Crippen LogP contribution in [0.1, 0.15) is 51.8 Å². The lowest BCUT2D eigenvalue weighted by Gasteiger charge is -2.35. The van der Waals surface area contributed by atoms with Gasteiger partial charge in [0.15, 0.2) is 11.6 Å². The predicted octanol–water partition coefficient (Wildman–Crippen LogP) is 2.72. The molecule has 0 aliphatic carbocycles. The number of amides is 1.